The van der Waals surface area contributed by atoms with Gasteiger partial charge >= 0.3 is 11.9 Å². The smallest absolute Gasteiger partial charge is 0.337 e. The van der Waals surface area contributed by atoms with Gasteiger partial charge in [-0.25, -0.2) is 4.79 Å². The molecule has 8 heteroatoms. The molecular formula is C23H28N2O6. The number of fused-ring (bicyclic) bond motifs is 2. The van der Waals surface area contributed by atoms with Crippen LogP contribution in [0.1, 0.15) is 58.1 Å². The Morgan fingerprint density at radius 1 is 1.29 bits per heavy atom. The number of carbonyl (C=O) groups is 2. The SMILES string of the molecule is CC(=O)O[C@@H]1C[C@H]2[C@]3(CC[C@]4(C)O[C@@H](c5ccoc5)C[C@]24C)COC(=O)[C@@]32N=NC[C@@H]12. The minimum atomic E-state index is -1.06. The summed E-state index contributed by atoms with van der Waals surface area (Å²) in [5.74, 6) is -0.867. The molecule has 0 radical (unpaired) electrons. The summed E-state index contributed by atoms with van der Waals surface area (Å²) < 4.78 is 23.6. The van der Waals surface area contributed by atoms with E-state index >= 15 is 0 Å². The molecule has 0 amide bonds. The molecule has 31 heavy (non-hydrogen) atoms. The van der Waals surface area contributed by atoms with Crippen LogP contribution in [-0.4, -0.2) is 42.3 Å². The quantitative estimate of drug-likeness (QED) is 0.667. The maximum atomic E-state index is 13.3. The monoisotopic (exact) mass is 428 g/mol. The fourth-order valence-electron chi connectivity index (χ4n) is 7.80. The van der Waals surface area contributed by atoms with Crippen LogP contribution in [0.15, 0.2) is 33.2 Å². The molecule has 8 nitrogen and oxygen atoms in total. The van der Waals surface area contributed by atoms with E-state index in [1.165, 1.54) is 6.92 Å². The van der Waals surface area contributed by atoms with Crippen LogP contribution in [0.3, 0.4) is 0 Å². The average molecular weight is 428 g/mol. The number of hydrogen-bond donors (Lipinski definition) is 0. The van der Waals surface area contributed by atoms with Gasteiger partial charge in [-0.3, -0.25) is 4.79 Å². The number of hydrogen-bond acceptors (Lipinski definition) is 8. The van der Waals surface area contributed by atoms with E-state index in [1.807, 2.05) is 6.07 Å². The summed E-state index contributed by atoms with van der Waals surface area (Å²) >= 11 is 0. The van der Waals surface area contributed by atoms with E-state index in [0.717, 1.165) is 24.8 Å². The molecule has 0 N–H and O–H groups in total. The maximum absolute atomic E-state index is 13.3. The number of ether oxygens (including phenoxy) is 3. The first kappa shape index (κ1) is 19.5. The highest BCUT2D eigenvalue weighted by atomic mass is 16.6. The summed E-state index contributed by atoms with van der Waals surface area (Å²) in [5.41, 5.74) is -1.11. The van der Waals surface area contributed by atoms with Crippen LogP contribution in [0.2, 0.25) is 0 Å². The molecule has 2 saturated carbocycles. The van der Waals surface area contributed by atoms with Crippen molar-refractivity contribution in [2.75, 3.05) is 13.2 Å². The Labute approximate surface area is 180 Å². The number of furan rings is 1. The van der Waals surface area contributed by atoms with Gasteiger partial charge < -0.3 is 18.6 Å². The second-order valence-corrected chi connectivity index (χ2v) is 10.5. The van der Waals surface area contributed by atoms with Crippen molar-refractivity contribution in [2.45, 2.75) is 69.8 Å². The summed E-state index contributed by atoms with van der Waals surface area (Å²) in [6.45, 7) is 6.62. The minimum Gasteiger partial charge on any atom is -0.472 e. The number of carbonyl (C=O) groups excluding carboxylic acids is 2. The number of cyclic esters (lactones) is 1. The highest BCUT2D eigenvalue weighted by Gasteiger charge is 2.81. The van der Waals surface area contributed by atoms with Gasteiger partial charge in [-0.05, 0) is 44.6 Å². The Morgan fingerprint density at radius 2 is 2.13 bits per heavy atom. The van der Waals surface area contributed by atoms with Gasteiger partial charge in [0.15, 0.2) is 5.54 Å². The van der Waals surface area contributed by atoms with Gasteiger partial charge in [0.2, 0.25) is 0 Å². The third-order valence-electron chi connectivity index (χ3n) is 9.43. The van der Waals surface area contributed by atoms with Gasteiger partial charge in [-0.1, -0.05) is 6.92 Å². The van der Waals surface area contributed by atoms with Crippen molar-refractivity contribution in [1.29, 1.82) is 0 Å². The molecule has 0 bridgehead atoms. The largest absolute Gasteiger partial charge is 0.472 e. The molecule has 4 heterocycles. The van der Waals surface area contributed by atoms with E-state index in [9.17, 15) is 9.59 Å². The molecule has 8 atom stereocenters. The average Bonchev–Trinajstić information content (AvgIpc) is 3.48. The molecule has 5 aliphatic rings. The first-order valence-electron chi connectivity index (χ1n) is 11.2. The summed E-state index contributed by atoms with van der Waals surface area (Å²) in [6.07, 6.45) is 5.99. The zero-order valence-corrected chi connectivity index (χ0v) is 18.1. The third-order valence-corrected chi connectivity index (χ3v) is 9.43. The van der Waals surface area contributed by atoms with Gasteiger partial charge in [-0.15, -0.1) is 0 Å². The van der Waals surface area contributed by atoms with Crippen LogP contribution in [-0.2, 0) is 23.8 Å². The molecule has 2 saturated heterocycles. The Kier molecular flexibility index (Phi) is 3.75. The summed E-state index contributed by atoms with van der Waals surface area (Å²) in [4.78, 5) is 25.2. The van der Waals surface area contributed by atoms with E-state index in [1.54, 1.807) is 12.5 Å². The fraction of sp³-hybridized carbons (Fsp3) is 0.739. The van der Waals surface area contributed by atoms with E-state index in [-0.39, 0.29) is 40.9 Å². The van der Waals surface area contributed by atoms with Crippen LogP contribution in [0.25, 0.3) is 0 Å². The second-order valence-electron chi connectivity index (χ2n) is 10.5. The molecule has 0 unspecified atom stereocenters. The Hall–Kier alpha value is -2.22. The van der Waals surface area contributed by atoms with Crippen molar-refractivity contribution in [2.24, 2.45) is 32.9 Å². The summed E-state index contributed by atoms with van der Waals surface area (Å²) in [7, 11) is 0. The highest BCUT2D eigenvalue weighted by molar-refractivity contribution is 5.86. The van der Waals surface area contributed by atoms with Crippen LogP contribution >= 0.6 is 0 Å². The number of nitrogens with zero attached hydrogens (tertiary/aromatic N) is 2. The molecule has 2 aliphatic carbocycles. The minimum absolute atomic E-state index is 0.0414. The van der Waals surface area contributed by atoms with Crippen molar-refractivity contribution < 1.29 is 28.2 Å². The van der Waals surface area contributed by atoms with E-state index in [2.05, 4.69) is 24.1 Å². The van der Waals surface area contributed by atoms with Crippen LogP contribution in [0.4, 0.5) is 0 Å². The normalized spacial score (nSPS) is 49.7. The van der Waals surface area contributed by atoms with Gasteiger partial charge in [-0.2, -0.15) is 10.2 Å². The zero-order chi connectivity index (χ0) is 21.6. The highest BCUT2D eigenvalue weighted by Crippen LogP contribution is 2.74. The van der Waals surface area contributed by atoms with Crippen LogP contribution in [0.5, 0.6) is 0 Å². The van der Waals surface area contributed by atoms with Gasteiger partial charge in [0.05, 0.1) is 36.7 Å². The third kappa shape index (κ3) is 2.14. The lowest BCUT2D eigenvalue weighted by molar-refractivity contribution is -0.208. The fourth-order valence-corrected chi connectivity index (χ4v) is 7.80. The first-order valence-corrected chi connectivity index (χ1v) is 11.2. The van der Waals surface area contributed by atoms with Gasteiger partial charge in [0.1, 0.15) is 12.7 Å². The van der Waals surface area contributed by atoms with E-state index in [0.29, 0.717) is 19.6 Å². The van der Waals surface area contributed by atoms with Crippen LogP contribution < -0.4 is 0 Å². The summed E-state index contributed by atoms with van der Waals surface area (Å²) in [5, 5.41) is 8.93. The lowest BCUT2D eigenvalue weighted by Gasteiger charge is -2.63. The summed E-state index contributed by atoms with van der Waals surface area (Å²) in [6, 6.07) is 1.96. The number of esters is 2. The maximum Gasteiger partial charge on any atom is 0.337 e. The molecule has 6 rings (SSSR count). The van der Waals surface area contributed by atoms with Gasteiger partial charge in [0.25, 0.3) is 0 Å². The predicted molar refractivity (Wildman–Crippen MR) is 106 cm³/mol. The Bertz CT molecular complexity index is 977. The van der Waals surface area contributed by atoms with Crippen molar-refractivity contribution >= 4 is 11.9 Å². The topological polar surface area (TPSA) is 99.7 Å². The van der Waals surface area contributed by atoms with Crippen LogP contribution in [0, 0.1) is 22.7 Å². The van der Waals surface area contributed by atoms with Crippen molar-refractivity contribution in [3.05, 3.63) is 24.2 Å². The molecule has 166 valence electrons. The van der Waals surface area contributed by atoms with E-state index in [4.69, 9.17) is 18.6 Å². The lowest BCUT2D eigenvalue weighted by Crippen LogP contribution is -2.70. The predicted octanol–water partition coefficient (Wildman–Crippen LogP) is 3.62. The van der Waals surface area contributed by atoms with Gasteiger partial charge in [0, 0.05) is 23.3 Å². The van der Waals surface area contributed by atoms with E-state index < -0.39 is 17.1 Å². The van der Waals surface area contributed by atoms with Crippen molar-refractivity contribution in [3.63, 3.8) is 0 Å². The molecular weight excluding hydrogens is 400 g/mol. The molecule has 1 aromatic heterocycles. The Balaban J connectivity index is 1.48. The standard InChI is InChI=1S/C23H28N2O6/c1-13(26)30-16-8-18-20(2)9-17(14-4-7-28-11-14)31-21(20,3)5-6-22(18)12-29-19(27)23(22)15(16)10-24-25-23/h4,7,11,15-18H,5-6,8-10,12H2,1-3H3/t15-,16+,17+,18+,20+,21-,22-,23+/m0/s1. The molecule has 3 aliphatic heterocycles. The number of rotatable bonds is 2. The zero-order valence-electron chi connectivity index (χ0n) is 18.1. The molecule has 2 spiro atoms. The molecule has 4 fully saturated rings. The second kappa shape index (κ2) is 5.97. The lowest BCUT2D eigenvalue weighted by atomic mass is 9.40. The van der Waals surface area contributed by atoms with Crippen molar-refractivity contribution in [1.82, 2.24) is 0 Å². The first-order chi connectivity index (χ1) is 14.8. The molecule has 1 aromatic rings. The Morgan fingerprint density at radius 3 is 2.87 bits per heavy atom. The van der Waals surface area contributed by atoms with Crippen molar-refractivity contribution in [3.8, 4) is 0 Å². The molecule has 0 aromatic carbocycles. The number of azo groups is 1.